The Kier molecular flexibility index (Phi) is 5.85. The van der Waals surface area contributed by atoms with Crippen molar-refractivity contribution in [3.63, 3.8) is 0 Å². The molecule has 1 heterocycles. The van der Waals surface area contributed by atoms with E-state index in [-0.39, 0.29) is 23.0 Å². The standard InChI is InChI=1S/C26H27N3O2/c1-16(2)18-9-11-19(12-10-18)21-13-23(30)22(24(31)14-21)15-27-26-25(17(3)28-29-26)20-7-5-4-6-8-20/h4-12,15-16,21,30H,13-14H2,1-3H3,(H,28,29). The molecule has 0 bridgehead atoms. The zero-order valence-electron chi connectivity index (χ0n) is 18.1. The van der Waals surface area contributed by atoms with Gasteiger partial charge in [-0.15, -0.1) is 0 Å². The highest BCUT2D eigenvalue weighted by Gasteiger charge is 2.28. The lowest BCUT2D eigenvalue weighted by Crippen LogP contribution is -2.19. The summed E-state index contributed by atoms with van der Waals surface area (Å²) in [5.74, 6) is 0.941. The summed E-state index contributed by atoms with van der Waals surface area (Å²) in [6.07, 6.45) is 2.24. The lowest BCUT2D eigenvalue weighted by molar-refractivity contribution is -0.116. The van der Waals surface area contributed by atoms with E-state index >= 15 is 0 Å². The predicted octanol–water partition coefficient (Wildman–Crippen LogP) is 6.17. The highest BCUT2D eigenvalue weighted by molar-refractivity contribution is 6.15. The first-order valence-electron chi connectivity index (χ1n) is 10.6. The molecule has 3 aromatic rings. The maximum atomic E-state index is 12.8. The molecule has 0 spiro atoms. The van der Waals surface area contributed by atoms with Crippen molar-refractivity contribution in [3.05, 3.63) is 82.8 Å². The number of benzene rings is 2. The summed E-state index contributed by atoms with van der Waals surface area (Å²) in [6.45, 7) is 6.25. The van der Waals surface area contributed by atoms with Crippen LogP contribution in [0.15, 0.2) is 70.9 Å². The number of aryl methyl sites for hydroxylation is 1. The fraction of sp³-hybridized carbons (Fsp3) is 0.269. The van der Waals surface area contributed by atoms with E-state index in [9.17, 15) is 9.90 Å². The van der Waals surface area contributed by atoms with Crippen LogP contribution < -0.4 is 0 Å². The first kappa shape index (κ1) is 20.8. The van der Waals surface area contributed by atoms with E-state index < -0.39 is 0 Å². The highest BCUT2D eigenvalue weighted by atomic mass is 16.3. The molecule has 0 saturated carbocycles. The number of allylic oxidation sites excluding steroid dienone is 2. The number of aliphatic hydroxyl groups is 1. The van der Waals surface area contributed by atoms with Gasteiger partial charge in [-0.3, -0.25) is 9.89 Å². The Bertz CT molecular complexity index is 1140. The number of Topliss-reactive ketones (excluding diaryl/α,β-unsaturated/α-hetero) is 1. The van der Waals surface area contributed by atoms with Gasteiger partial charge in [0.15, 0.2) is 11.6 Å². The predicted molar refractivity (Wildman–Crippen MR) is 124 cm³/mol. The number of rotatable bonds is 5. The number of H-pyrrole nitrogens is 1. The molecule has 2 N–H and O–H groups in total. The Hall–Kier alpha value is -3.47. The Morgan fingerprint density at radius 2 is 1.81 bits per heavy atom. The fourth-order valence-electron chi connectivity index (χ4n) is 4.03. The summed E-state index contributed by atoms with van der Waals surface area (Å²) in [4.78, 5) is 17.3. The normalized spacial score (nSPS) is 17.2. The molecule has 31 heavy (non-hydrogen) atoms. The summed E-state index contributed by atoms with van der Waals surface area (Å²) in [5, 5.41) is 17.9. The molecule has 1 aliphatic rings. The third-order valence-corrected chi connectivity index (χ3v) is 5.86. The smallest absolute Gasteiger partial charge is 0.181 e. The minimum absolute atomic E-state index is 0.0154. The van der Waals surface area contributed by atoms with Crippen molar-refractivity contribution in [2.24, 2.45) is 4.99 Å². The summed E-state index contributed by atoms with van der Waals surface area (Å²) >= 11 is 0. The molecule has 2 aromatic carbocycles. The van der Waals surface area contributed by atoms with Crippen LogP contribution in [0.4, 0.5) is 5.82 Å². The number of aliphatic hydroxyl groups excluding tert-OH is 1. The van der Waals surface area contributed by atoms with E-state index in [1.807, 2.05) is 37.3 Å². The summed E-state index contributed by atoms with van der Waals surface area (Å²) in [6, 6.07) is 18.2. The zero-order valence-corrected chi connectivity index (χ0v) is 18.1. The fourth-order valence-corrected chi connectivity index (χ4v) is 4.03. The van der Waals surface area contributed by atoms with Crippen molar-refractivity contribution in [2.45, 2.75) is 45.4 Å². The average Bonchev–Trinajstić information content (AvgIpc) is 3.14. The number of aliphatic imine (C=N–C) groups is 1. The topological polar surface area (TPSA) is 78.3 Å². The number of nitrogens with one attached hydrogen (secondary N) is 1. The molecular formula is C26H27N3O2. The Morgan fingerprint density at radius 1 is 1.10 bits per heavy atom. The SMILES string of the molecule is Cc1[nH]nc(N=CC2=C(O)CC(c3ccc(C(C)C)cc3)CC2=O)c1-c1ccccc1. The van der Waals surface area contributed by atoms with E-state index in [0.717, 1.165) is 22.4 Å². The molecule has 0 fully saturated rings. The monoisotopic (exact) mass is 413 g/mol. The number of aromatic amines is 1. The molecule has 1 aromatic heterocycles. The molecule has 158 valence electrons. The molecular weight excluding hydrogens is 386 g/mol. The highest BCUT2D eigenvalue weighted by Crippen LogP contribution is 2.35. The maximum absolute atomic E-state index is 12.8. The lowest BCUT2D eigenvalue weighted by Gasteiger charge is -2.22. The van der Waals surface area contributed by atoms with Gasteiger partial charge in [-0.25, -0.2) is 4.99 Å². The van der Waals surface area contributed by atoms with E-state index in [4.69, 9.17) is 0 Å². The second-order valence-corrected chi connectivity index (χ2v) is 8.38. The molecule has 0 aliphatic heterocycles. The van der Waals surface area contributed by atoms with Crippen LogP contribution in [0, 0.1) is 6.92 Å². The quantitative estimate of drug-likeness (QED) is 0.491. The van der Waals surface area contributed by atoms with Gasteiger partial charge in [0.05, 0.1) is 5.57 Å². The Labute approximate surface area is 182 Å². The molecule has 0 saturated heterocycles. The number of aromatic nitrogens is 2. The largest absolute Gasteiger partial charge is 0.511 e. The van der Waals surface area contributed by atoms with Crippen molar-refractivity contribution in [1.29, 1.82) is 0 Å². The van der Waals surface area contributed by atoms with Crippen LogP contribution >= 0.6 is 0 Å². The first-order chi connectivity index (χ1) is 14.9. The van der Waals surface area contributed by atoms with Gasteiger partial charge in [-0.2, -0.15) is 5.10 Å². The van der Waals surface area contributed by atoms with E-state index in [2.05, 4.69) is 53.3 Å². The van der Waals surface area contributed by atoms with Gasteiger partial charge in [0.25, 0.3) is 0 Å². The third-order valence-electron chi connectivity index (χ3n) is 5.86. The Morgan fingerprint density at radius 3 is 2.45 bits per heavy atom. The first-order valence-corrected chi connectivity index (χ1v) is 10.6. The molecule has 0 amide bonds. The molecule has 1 aliphatic carbocycles. The van der Waals surface area contributed by atoms with Gasteiger partial charge in [-0.1, -0.05) is 68.4 Å². The number of hydrogen-bond donors (Lipinski definition) is 2. The van der Waals surface area contributed by atoms with Gasteiger partial charge >= 0.3 is 0 Å². The summed E-state index contributed by atoms with van der Waals surface area (Å²) in [7, 11) is 0. The van der Waals surface area contributed by atoms with Crippen molar-refractivity contribution in [2.75, 3.05) is 0 Å². The second kappa shape index (κ2) is 8.72. The minimum atomic E-state index is -0.0982. The van der Waals surface area contributed by atoms with Crippen LogP contribution in [-0.2, 0) is 4.79 Å². The molecule has 1 atom stereocenters. The average molecular weight is 414 g/mol. The van der Waals surface area contributed by atoms with Crippen LogP contribution in [0.1, 0.15) is 55.3 Å². The van der Waals surface area contributed by atoms with Gasteiger partial charge in [0, 0.05) is 30.3 Å². The third kappa shape index (κ3) is 4.36. The molecule has 5 heteroatoms. The molecule has 0 radical (unpaired) electrons. The summed E-state index contributed by atoms with van der Waals surface area (Å²) < 4.78 is 0. The molecule has 1 unspecified atom stereocenters. The van der Waals surface area contributed by atoms with Crippen LogP contribution in [0.25, 0.3) is 11.1 Å². The molecule has 5 nitrogen and oxygen atoms in total. The number of carbonyl (C=O) groups is 1. The van der Waals surface area contributed by atoms with Gasteiger partial charge in [0.2, 0.25) is 0 Å². The van der Waals surface area contributed by atoms with Crippen molar-refractivity contribution >= 4 is 17.8 Å². The minimum Gasteiger partial charge on any atom is -0.511 e. The zero-order chi connectivity index (χ0) is 22.0. The van der Waals surface area contributed by atoms with Gasteiger partial charge < -0.3 is 5.11 Å². The van der Waals surface area contributed by atoms with E-state index in [0.29, 0.717) is 24.6 Å². The summed E-state index contributed by atoms with van der Waals surface area (Å²) in [5.41, 5.74) is 5.41. The van der Waals surface area contributed by atoms with Crippen LogP contribution in [0.5, 0.6) is 0 Å². The van der Waals surface area contributed by atoms with Crippen molar-refractivity contribution in [1.82, 2.24) is 10.2 Å². The van der Waals surface area contributed by atoms with Crippen molar-refractivity contribution < 1.29 is 9.90 Å². The number of hydrogen-bond acceptors (Lipinski definition) is 4. The van der Waals surface area contributed by atoms with Crippen LogP contribution in [-0.4, -0.2) is 27.3 Å². The van der Waals surface area contributed by atoms with Crippen LogP contribution in [0.3, 0.4) is 0 Å². The lowest BCUT2D eigenvalue weighted by atomic mass is 9.82. The second-order valence-electron chi connectivity index (χ2n) is 8.38. The maximum Gasteiger partial charge on any atom is 0.181 e. The Balaban J connectivity index is 1.57. The number of ketones is 1. The van der Waals surface area contributed by atoms with E-state index in [1.54, 1.807) is 0 Å². The van der Waals surface area contributed by atoms with E-state index in [1.165, 1.54) is 11.8 Å². The number of carbonyl (C=O) groups excluding carboxylic acids is 1. The molecule has 4 rings (SSSR count). The van der Waals surface area contributed by atoms with Crippen LogP contribution in [0.2, 0.25) is 0 Å². The number of nitrogens with zero attached hydrogens (tertiary/aromatic N) is 2. The van der Waals surface area contributed by atoms with Gasteiger partial charge in [0.1, 0.15) is 5.76 Å². The van der Waals surface area contributed by atoms with Gasteiger partial charge in [-0.05, 0) is 35.4 Å². The van der Waals surface area contributed by atoms with Crippen molar-refractivity contribution in [3.8, 4) is 11.1 Å².